The lowest BCUT2D eigenvalue weighted by Gasteiger charge is -2.34. The van der Waals surface area contributed by atoms with Crippen molar-refractivity contribution in [3.05, 3.63) is 0 Å². The molecule has 15 heavy (non-hydrogen) atoms. The molecule has 2 atom stereocenters. The van der Waals surface area contributed by atoms with Gasteiger partial charge in [0.15, 0.2) is 0 Å². The number of hydrogen-bond acceptors (Lipinski definition) is 2. The Labute approximate surface area is 92.2 Å². The van der Waals surface area contributed by atoms with Crippen LogP contribution >= 0.6 is 0 Å². The van der Waals surface area contributed by atoms with Gasteiger partial charge in [0.05, 0.1) is 6.54 Å². The Bertz CT molecular complexity index is 228. The first-order valence-electron chi connectivity index (χ1n) is 6.15. The van der Waals surface area contributed by atoms with Crippen LogP contribution < -0.4 is 5.32 Å². The van der Waals surface area contributed by atoms with Gasteiger partial charge in [-0.15, -0.1) is 0 Å². The predicted molar refractivity (Wildman–Crippen MR) is 60.5 cm³/mol. The summed E-state index contributed by atoms with van der Waals surface area (Å²) in [6.45, 7) is 7.33. The van der Waals surface area contributed by atoms with Crippen molar-refractivity contribution in [2.75, 3.05) is 19.6 Å². The minimum atomic E-state index is 0.221. The smallest absolute Gasteiger partial charge is 0.234 e. The summed E-state index contributed by atoms with van der Waals surface area (Å²) in [6.07, 6.45) is 3.66. The molecule has 1 saturated carbocycles. The summed E-state index contributed by atoms with van der Waals surface area (Å²) in [5.74, 6) is 1.70. The molecule has 1 aliphatic heterocycles. The summed E-state index contributed by atoms with van der Waals surface area (Å²) in [7, 11) is 0. The Morgan fingerprint density at radius 1 is 1.27 bits per heavy atom. The molecule has 0 spiro atoms. The van der Waals surface area contributed by atoms with Crippen LogP contribution in [0.1, 0.15) is 33.1 Å². The molecular weight excluding hydrogens is 188 g/mol. The second kappa shape index (κ2) is 4.52. The van der Waals surface area contributed by atoms with Gasteiger partial charge in [-0.25, -0.2) is 0 Å². The summed E-state index contributed by atoms with van der Waals surface area (Å²) in [5.41, 5.74) is 0. The van der Waals surface area contributed by atoms with Crippen molar-refractivity contribution in [1.29, 1.82) is 0 Å². The van der Waals surface area contributed by atoms with E-state index in [1.54, 1.807) is 0 Å². The molecule has 1 amide bonds. The molecule has 2 rings (SSSR count). The molecule has 0 aromatic heterocycles. The number of piperidine rings is 1. The van der Waals surface area contributed by atoms with E-state index >= 15 is 0 Å². The van der Waals surface area contributed by atoms with Crippen LogP contribution in [0.4, 0.5) is 0 Å². The van der Waals surface area contributed by atoms with Crippen LogP contribution in [-0.2, 0) is 4.79 Å². The zero-order chi connectivity index (χ0) is 10.8. The fraction of sp³-hybridized carbons (Fsp3) is 0.917. The van der Waals surface area contributed by atoms with E-state index in [-0.39, 0.29) is 5.91 Å². The molecule has 0 aromatic carbocycles. The van der Waals surface area contributed by atoms with Crippen molar-refractivity contribution in [3.8, 4) is 0 Å². The van der Waals surface area contributed by atoms with Gasteiger partial charge in [0.1, 0.15) is 0 Å². The average molecular weight is 210 g/mol. The zero-order valence-electron chi connectivity index (χ0n) is 9.83. The summed E-state index contributed by atoms with van der Waals surface area (Å²) in [6, 6.07) is 0.497. The number of nitrogens with zero attached hydrogens (tertiary/aromatic N) is 1. The van der Waals surface area contributed by atoms with E-state index in [2.05, 4.69) is 24.1 Å². The van der Waals surface area contributed by atoms with Crippen molar-refractivity contribution in [2.45, 2.75) is 39.2 Å². The van der Waals surface area contributed by atoms with E-state index < -0.39 is 0 Å². The maximum Gasteiger partial charge on any atom is 0.234 e. The number of carbonyl (C=O) groups is 1. The Kier molecular flexibility index (Phi) is 3.29. The average Bonchev–Trinajstić information content (AvgIpc) is 2.85. The van der Waals surface area contributed by atoms with Gasteiger partial charge >= 0.3 is 0 Å². The van der Waals surface area contributed by atoms with Crippen LogP contribution in [0, 0.1) is 11.8 Å². The molecule has 3 nitrogen and oxygen atoms in total. The first-order valence-corrected chi connectivity index (χ1v) is 6.15. The van der Waals surface area contributed by atoms with Crippen LogP contribution in [-0.4, -0.2) is 36.5 Å². The van der Waals surface area contributed by atoms with Crippen molar-refractivity contribution in [1.82, 2.24) is 10.2 Å². The Morgan fingerprint density at radius 3 is 2.40 bits per heavy atom. The molecule has 2 fully saturated rings. The van der Waals surface area contributed by atoms with Crippen LogP contribution in [0.2, 0.25) is 0 Å². The zero-order valence-corrected chi connectivity index (χ0v) is 9.83. The quantitative estimate of drug-likeness (QED) is 0.760. The lowest BCUT2D eigenvalue weighted by molar-refractivity contribution is -0.123. The van der Waals surface area contributed by atoms with Crippen molar-refractivity contribution >= 4 is 5.91 Å². The molecule has 1 N–H and O–H groups in total. The molecule has 2 unspecified atom stereocenters. The summed E-state index contributed by atoms with van der Waals surface area (Å²) in [5, 5.41) is 3.05. The van der Waals surface area contributed by atoms with E-state index in [0.717, 1.165) is 24.9 Å². The van der Waals surface area contributed by atoms with Gasteiger partial charge in [-0.2, -0.15) is 0 Å². The van der Waals surface area contributed by atoms with E-state index in [9.17, 15) is 4.79 Å². The lowest BCUT2D eigenvalue weighted by Crippen LogP contribution is -2.44. The van der Waals surface area contributed by atoms with E-state index in [1.807, 2.05) is 0 Å². The van der Waals surface area contributed by atoms with E-state index in [0.29, 0.717) is 12.6 Å². The molecular formula is C12H22N2O. The minimum Gasteiger partial charge on any atom is -0.352 e. The maximum atomic E-state index is 11.6. The molecule has 1 heterocycles. The van der Waals surface area contributed by atoms with E-state index in [1.165, 1.54) is 19.3 Å². The highest BCUT2D eigenvalue weighted by Gasteiger charge is 2.26. The predicted octanol–water partition coefficient (Wildman–Crippen LogP) is 1.24. The lowest BCUT2D eigenvalue weighted by atomic mass is 9.92. The van der Waals surface area contributed by atoms with Gasteiger partial charge < -0.3 is 5.32 Å². The highest BCUT2D eigenvalue weighted by atomic mass is 16.2. The maximum absolute atomic E-state index is 11.6. The third-order valence-electron chi connectivity index (χ3n) is 3.25. The van der Waals surface area contributed by atoms with Crippen molar-refractivity contribution < 1.29 is 4.79 Å². The molecule has 86 valence electrons. The fourth-order valence-corrected chi connectivity index (χ4v) is 2.63. The second-order valence-corrected chi connectivity index (χ2v) is 5.48. The van der Waals surface area contributed by atoms with Gasteiger partial charge in [0, 0.05) is 19.1 Å². The summed E-state index contributed by atoms with van der Waals surface area (Å²) < 4.78 is 0. The molecule has 0 aromatic rings. The monoisotopic (exact) mass is 210 g/mol. The van der Waals surface area contributed by atoms with Crippen molar-refractivity contribution in [2.24, 2.45) is 11.8 Å². The first-order chi connectivity index (χ1) is 7.13. The molecule has 2 aliphatic rings. The highest BCUT2D eigenvalue weighted by Crippen LogP contribution is 2.21. The Hall–Kier alpha value is -0.570. The topological polar surface area (TPSA) is 32.3 Å². The summed E-state index contributed by atoms with van der Waals surface area (Å²) >= 11 is 0. The number of amides is 1. The number of rotatable bonds is 3. The normalized spacial score (nSPS) is 32.7. The third kappa shape index (κ3) is 3.49. The minimum absolute atomic E-state index is 0.221. The molecule has 0 radical (unpaired) electrons. The van der Waals surface area contributed by atoms with Gasteiger partial charge in [-0.1, -0.05) is 13.8 Å². The van der Waals surface area contributed by atoms with Crippen LogP contribution in [0.15, 0.2) is 0 Å². The molecule has 0 bridgehead atoms. The number of nitrogens with one attached hydrogen (secondary N) is 1. The van der Waals surface area contributed by atoms with Crippen LogP contribution in [0.3, 0.4) is 0 Å². The van der Waals surface area contributed by atoms with Crippen LogP contribution in [0.25, 0.3) is 0 Å². The molecule has 3 heteroatoms. The third-order valence-corrected chi connectivity index (χ3v) is 3.25. The fourth-order valence-electron chi connectivity index (χ4n) is 2.63. The van der Waals surface area contributed by atoms with Gasteiger partial charge in [-0.3, -0.25) is 9.69 Å². The van der Waals surface area contributed by atoms with Gasteiger partial charge in [-0.05, 0) is 31.1 Å². The van der Waals surface area contributed by atoms with Gasteiger partial charge in [0.25, 0.3) is 0 Å². The van der Waals surface area contributed by atoms with Crippen molar-refractivity contribution in [3.63, 3.8) is 0 Å². The second-order valence-electron chi connectivity index (χ2n) is 5.48. The first kappa shape index (κ1) is 10.9. The van der Waals surface area contributed by atoms with E-state index in [4.69, 9.17) is 0 Å². The number of hydrogen-bond donors (Lipinski definition) is 1. The number of likely N-dealkylation sites (tertiary alicyclic amines) is 1. The largest absolute Gasteiger partial charge is 0.352 e. The number of carbonyl (C=O) groups excluding carboxylic acids is 1. The SMILES string of the molecule is CC1CC(C)CN(CC(=O)NC2CC2)C1. The van der Waals surface area contributed by atoms with Crippen LogP contribution in [0.5, 0.6) is 0 Å². The Morgan fingerprint density at radius 2 is 1.87 bits per heavy atom. The Balaban J connectivity index is 1.74. The molecule has 1 saturated heterocycles. The summed E-state index contributed by atoms with van der Waals surface area (Å²) in [4.78, 5) is 13.9. The molecule has 1 aliphatic carbocycles. The standard InChI is InChI=1S/C12H22N2O/c1-9-5-10(2)7-14(6-9)8-12(15)13-11-3-4-11/h9-11H,3-8H2,1-2H3,(H,13,15). The van der Waals surface area contributed by atoms with Gasteiger partial charge in [0.2, 0.25) is 5.91 Å². The highest BCUT2D eigenvalue weighted by molar-refractivity contribution is 5.78.